The SMILES string of the molecule is CCNc1cc(N2CCCN(C)CC2)ccc1S(=O)(=O)c1ccc(F)c(F)c1. The number of anilines is 2. The van der Waals surface area contributed by atoms with Crippen molar-refractivity contribution in [1.29, 1.82) is 0 Å². The third-order valence-corrected chi connectivity index (χ3v) is 6.72. The summed E-state index contributed by atoms with van der Waals surface area (Å²) in [4.78, 5) is 4.29. The van der Waals surface area contributed by atoms with Gasteiger partial charge < -0.3 is 15.1 Å². The van der Waals surface area contributed by atoms with Crippen LogP contribution in [0.3, 0.4) is 0 Å². The van der Waals surface area contributed by atoms with E-state index in [-0.39, 0.29) is 9.79 Å². The number of nitrogens with zero attached hydrogens (tertiary/aromatic N) is 2. The zero-order valence-corrected chi connectivity index (χ0v) is 16.9. The Morgan fingerprint density at radius 1 is 1.00 bits per heavy atom. The topological polar surface area (TPSA) is 52.6 Å². The molecule has 0 amide bonds. The van der Waals surface area contributed by atoms with E-state index in [1.807, 2.05) is 13.0 Å². The van der Waals surface area contributed by atoms with E-state index in [4.69, 9.17) is 0 Å². The Hall–Kier alpha value is -2.19. The highest BCUT2D eigenvalue weighted by atomic mass is 32.2. The van der Waals surface area contributed by atoms with Crippen LogP contribution in [-0.4, -0.2) is 53.1 Å². The van der Waals surface area contributed by atoms with Crippen molar-refractivity contribution in [2.75, 3.05) is 50.0 Å². The van der Waals surface area contributed by atoms with Crippen LogP contribution in [0, 0.1) is 11.6 Å². The molecule has 8 heteroatoms. The summed E-state index contributed by atoms with van der Waals surface area (Å²) < 4.78 is 52.9. The van der Waals surface area contributed by atoms with Crippen molar-refractivity contribution in [3.05, 3.63) is 48.0 Å². The van der Waals surface area contributed by atoms with Crippen LogP contribution in [0.2, 0.25) is 0 Å². The molecule has 3 rings (SSSR count). The molecule has 1 heterocycles. The summed E-state index contributed by atoms with van der Waals surface area (Å²) in [6.45, 7) is 6.13. The van der Waals surface area contributed by atoms with E-state index in [0.29, 0.717) is 12.2 Å². The lowest BCUT2D eigenvalue weighted by Crippen LogP contribution is -2.28. The lowest BCUT2D eigenvalue weighted by atomic mass is 10.2. The molecule has 2 aromatic carbocycles. The van der Waals surface area contributed by atoms with Gasteiger partial charge in [-0.15, -0.1) is 0 Å². The maximum atomic E-state index is 13.6. The van der Waals surface area contributed by atoms with Gasteiger partial charge in [0, 0.05) is 31.9 Å². The monoisotopic (exact) mass is 409 g/mol. The number of hydrogen-bond donors (Lipinski definition) is 1. The fourth-order valence-corrected chi connectivity index (χ4v) is 4.78. The second-order valence-electron chi connectivity index (χ2n) is 6.93. The molecule has 0 bridgehead atoms. The highest BCUT2D eigenvalue weighted by Crippen LogP contribution is 2.32. The minimum absolute atomic E-state index is 0.0519. The molecule has 0 radical (unpaired) electrons. The molecule has 2 aromatic rings. The average molecular weight is 410 g/mol. The van der Waals surface area contributed by atoms with E-state index >= 15 is 0 Å². The molecule has 152 valence electrons. The smallest absolute Gasteiger partial charge is 0.208 e. The number of halogens is 2. The van der Waals surface area contributed by atoms with Crippen molar-refractivity contribution in [3.8, 4) is 0 Å². The van der Waals surface area contributed by atoms with Crippen molar-refractivity contribution >= 4 is 21.2 Å². The number of sulfone groups is 1. The number of nitrogens with one attached hydrogen (secondary N) is 1. The van der Waals surface area contributed by atoms with Gasteiger partial charge in [-0.1, -0.05) is 0 Å². The van der Waals surface area contributed by atoms with Crippen molar-refractivity contribution in [1.82, 2.24) is 4.90 Å². The van der Waals surface area contributed by atoms with Gasteiger partial charge in [0.2, 0.25) is 9.84 Å². The minimum Gasteiger partial charge on any atom is -0.384 e. The summed E-state index contributed by atoms with van der Waals surface area (Å²) in [7, 11) is -1.90. The van der Waals surface area contributed by atoms with Gasteiger partial charge in [0.05, 0.1) is 15.5 Å². The highest BCUT2D eigenvalue weighted by molar-refractivity contribution is 7.91. The van der Waals surface area contributed by atoms with Gasteiger partial charge in [-0.25, -0.2) is 17.2 Å². The van der Waals surface area contributed by atoms with Crippen LogP contribution < -0.4 is 10.2 Å². The zero-order valence-electron chi connectivity index (χ0n) is 16.1. The Kier molecular flexibility index (Phi) is 6.20. The van der Waals surface area contributed by atoms with E-state index in [9.17, 15) is 17.2 Å². The fraction of sp³-hybridized carbons (Fsp3) is 0.400. The van der Waals surface area contributed by atoms with Crippen molar-refractivity contribution in [2.45, 2.75) is 23.1 Å². The van der Waals surface area contributed by atoms with Gasteiger partial charge in [-0.05, 0) is 63.3 Å². The Balaban J connectivity index is 1.99. The standard InChI is InChI=1S/C20H25F2N3O2S/c1-3-23-19-13-15(25-10-4-9-24(2)11-12-25)5-8-20(19)28(26,27)16-6-7-17(21)18(22)14-16/h5-8,13-14,23H,3-4,9-12H2,1-2H3. The van der Waals surface area contributed by atoms with Crippen LogP contribution in [0.5, 0.6) is 0 Å². The first-order chi connectivity index (χ1) is 13.3. The Morgan fingerprint density at radius 2 is 1.79 bits per heavy atom. The average Bonchev–Trinajstić information content (AvgIpc) is 2.88. The van der Waals surface area contributed by atoms with E-state index in [1.165, 1.54) is 0 Å². The maximum absolute atomic E-state index is 13.6. The molecule has 0 unspecified atom stereocenters. The van der Waals surface area contributed by atoms with Crippen LogP contribution in [0.25, 0.3) is 0 Å². The quantitative estimate of drug-likeness (QED) is 0.768. The molecule has 1 fully saturated rings. The summed E-state index contributed by atoms with van der Waals surface area (Å²) in [5.41, 5.74) is 1.40. The van der Waals surface area contributed by atoms with Gasteiger partial charge >= 0.3 is 0 Å². The van der Waals surface area contributed by atoms with Crippen molar-refractivity contribution < 1.29 is 17.2 Å². The largest absolute Gasteiger partial charge is 0.384 e. The predicted molar refractivity (Wildman–Crippen MR) is 107 cm³/mol. The highest BCUT2D eigenvalue weighted by Gasteiger charge is 2.24. The summed E-state index contributed by atoms with van der Waals surface area (Å²) >= 11 is 0. The Morgan fingerprint density at radius 3 is 2.50 bits per heavy atom. The summed E-state index contributed by atoms with van der Waals surface area (Å²) in [5.74, 6) is -2.26. The zero-order chi connectivity index (χ0) is 20.3. The normalized spacial score (nSPS) is 16.1. The first-order valence-corrected chi connectivity index (χ1v) is 10.8. The molecular weight excluding hydrogens is 384 g/mol. The van der Waals surface area contributed by atoms with Crippen molar-refractivity contribution in [2.24, 2.45) is 0 Å². The van der Waals surface area contributed by atoms with Crippen LogP contribution in [0.4, 0.5) is 20.2 Å². The van der Waals surface area contributed by atoms with Crippen LogP contribution >= 0.6 is 0 Å². The molecule has 5 nitrogen and oxygen atoms in total. The molecule has 1 aliphatic heterocycles. The molecule has 28 heavy (non-hydrogen) atoms. The van der Waals surface area contributed by atoms with Crippen LogP contribution in [0.1, 0.15) is 13.3 Å². The summed E-state index contributed by atoms with van der Waals surface area (Å²) in [6.07, 6.45) is 1.03. The minimum atomic E-state index is -3.99. The van der Waals surface area contributed by atoms with E-state index in [0.717, 1.165) is 56.5 Å². The first-order valence-electron chi connectivity index (χ1n) is 9.34. The fourth-order valence-electron chi connectivity index (χ4n) is 3.35. The third kappa shape index (κ3) is 4.28. The van der Waals surface area contributed by atoms with Crippen molar-refractivity contribution in [3.63, 3.8) is 0 Å². The molecule has 1 saturated heterocycles. The summed E-state index contributed by atoms with van der Waals surface area (Å²) in [5, 5.41) is 3.10. The van der Waals surface area contributed by atoms with E-state index in [1.54, 1.807) is 12.1 Å². The van der Waals surface area contributed by atoms with Gasteiger partial charge in [-0.3, -0.25) is 0 Å². The van der Waals surface area contributed by atoms with Gasteiger partial charge in [0.1, 0.15) is 0 Å². The molecule has 1 N–H and O–H groups in total. The molecule has 0 saturated carbocycles. The van der Waals surface area contributed by atoms with Gasteiger partial charge in [-0.2, -0.15) is 0 Å². The number of rotatable bonds is 5. The Labute approximate surface area is 164 Å². The number of benzene rings is 2. The lowest BCUT2D eigenvalue weighted by molar-refractivity contribution is 0.360. The lowest BCUT2D eigenvalue weighted by Gasteiger charge is -2.24. The second kappa shape index (κ2) is 8.45. The van der Waals surface area contributed by atoms with Gasteiger partial charge in [0.25, 0.3) is 0 Å². The molecular formula is C20H25F2N3O2S. The molecule has 0 spiro atoms. The van der Waals surface area contributed by atoms with E-state index < -0.39 is 21.5 Å². The second-order valence-corrected chi connectivity index (χ2v) is 8.85. The number of likely N-dealkylation sites (N-methyl/N-ethyl adjacent to an activating group) is 1. The van der Waals surface area contributed by atoms with Crippen LogP contribution in [0.15, 0.2) is 46.2 Å². The maximum Gasteiger partial charge on any atom is 0.208 e. The molecule has 0 aromatic heterocycles. The first kappa shape index (κ1) is 20.5. The predicted octanol–water partition coefficient (Wildman–Crippen LogP) is 3.37. The molecule has 1 aliphatic rings. The Bertz CT molecular complexity index is 950. The number of hydrogen-bond acceptors (Lipinski definition) is 5. The third-order valence-electron chi connectivity index (χ3n) is 4.91. The summed E-state index contributed by atoms with van der Waals surface area (Å²) in [6, 6.07) is 7.78. The molecule has 0 aliphatic carbocycles. The van der Waals surface area contributed by atoms with Crippen LogP contribution in [-0.2, 0) is 9.84 Å². The van der Waals surface area contributed by atoms with Gasteiger partial charge in [0.15, 0.2) is 11.6 Å². The van der Waals surface area contributed by atoms with E-state index in [2.05, 4.69) is 22.2 Å². The molecule has 0 atom stereocenters.